The Kier molecular flexibility index (Phi) is 8.78. The van der Waals surface area contributed by atoms with Crippen molar-refractivity contribution in [3.8, 4) is 5.75 Å². The van der Waals surface area contributed by atoms with E-state index < -0.39 is 30.3 Å². The first-order chi connectivity index (χ1) is 12.2. The zero-order chi connectivity index (χ0) is 19.7. The molecular weight excluding hydrogens is 342 g/mol. The number of benzene rings is 1. The Hall–Kier alpha value is -2.41. The first-order valence-electron chi connectivity index (χ1n) is 8.41. The molecule has 0 saturated heterocycles. The molecule has 0 radical (unpaired) electrons. The number of allylic oxidation sites excluding steroid dienone is 3. The van der Waals surface area contributed by atoms with Crippen molar-refractivity contribution in [2.75, 3.05) is 13.2 Å². The molecule has 1 rings (SSSR count). The van der Waals surface area contributed by atoms with E-state index in [1.165, 1.54) is 12.1 Å². The van der Waals surface area contributed by atoms with Gasteiger partial charge in [-0.1, -0.05) is 27.4 Å². The molecule has 2 amide bonds. The standard InChI is InChI=1S/C19H26F2N2O3/c1-5-16(6-13(4)20)22-19(25)23-18(10-24)14-7-15(21)9-17(8-14)26-11-12(2)3/h6-9,12,18,24H,4-5,10-11H2,1-3H3,(H2,22,23,25)/b16-6+/t18-/m1/s1. The van der Waals surface area contributed by atoms with Gasteiger partial charge >= 0.3 is 6.03 Å². The summed E-state index contributed by atoms with van der Waals surface area (Å²) in [6.45, 7) is 8.76. The van der Waals surface area contributed by atoms with Gasteiger partial charge in [-0.15, -0.1) is 0 Å². The highest BCUT2D eigenvalue weighted by Crippen LogP contribution is 2.22. The fourth-order valence-electron chi connectivity index (χ4n) is 2.12. The molecular formula is C19H26F2N2O3. The minimum atomic E-state index is -0.848. The number of carbonyl (C=O) groups is 1. The molecule has 0 aliphatic carbocycles. The van der Waals surface area contributed by atoms with Gasteiger partial charge in [0.15, 0.2) is 0 Å². The van der Waals surface area contributed by atoms with Gasteiger partial charge in [-0.2, -0.15) is 0 Å². The Balaban J connectivity index is 2.87. The smallest absolute Gasteiger partial charge is 0.319 e. The van der Waals surface area contributed by atoms with Crippen LogP contribution in [-0.4, -0.2) is 24.4 Å². The van der Waals surface area contributed by atoms with Gasteiger partial charge in [0.2, 0.25) is 0 Å². The van der Waals surface area contributed by atoms with Crippen LogP contribution in [0.3, 0.4) is 0 Å². The molecule has 0 heterocycles. The maximum atomic E-state index is 13.8. The summed E-state index contributed by atoms with van der Waals surface area (Å²) in [5.74, 6) is -0.635. The molecule has 0 unspecified atom stereocenters. The average molecular weight is 368 g/mol. The van der Waals surface area contributed by atoms with Gasteiger partial charge in [0.05, 0.1) is 19.3 Å². The van der Waals surface area contributed by atoms with Crippen LogP contribution in [-0.2, 0) is 0 Å². The summed E-state index contributed by atoms with van der Waals surface area (Å²) in [6, 6.07) is 2.52. The van der Waals surface area contributed by atoms with Crippen LogP contribution < -0.4 is 15.4 Å². The van der Waals surface area contributed by atoms with E-state index in [-0.39, 0.29) is 5.92 Å². The van der Waals surface area contributed by atoms with E-state index in [4.69, 9.17) is 4.74 Å². The van der Waals surface area contributed by atoms with Crippen molar-refractivity contribution in [2.45, 2.75) is 33.2 Å². The Morgan fingerprint density at radius 3 is 2.62 bits per heavy atom. The SMILES string of the molecule is C=C(F)/C=C(\CC)NC(=O)N[C@H](CO)c1cc(F)cc(OCC(C)C)c1. The van der Waals surface area contributed by atoms with Crippen molar-refractivity contribution in [2.24, 2.45) is 5.92 Å². The summed E-state index contributed by atoms with van der Waals surface area (Å²) in [5.41, 5.74) is 0.685. The lowest BCUT2D eigenvalue weighted by Gasteiger charge is -2.19. The predicted octanol–water partition coefficient (Wildman–Crippen LogP) is 3.97. The van der Waals surface area contributed by atoms with Crippen molar-refractivity contribution in [3.63, 3.8) is 0 Å². The summed E-state index contributed by atoms with van der Waals surface area (Å²) in [6.07, 6.45) is 1.49. The van der Waals surface area contributed by atoms with Crippen LogP contribution in [0, 0.1) is 11.7 Å². The molecule has 5 nitrogen and oxygen atoms in total. The van der Waals surface area contributed by atoms with Crippen LogP contribution >= 0.6 is 0 Å². The van der Waals surface area contributed by atoms with Crippen LogP contribution in [0.5, 0.6) is 5.75 Å². The molecule has 1 atom stereocenters. The van der Waals surface area contributed by atoms with Gasteiger partial charge in [0.25, 0.3) is 0 Å². The lowest BCUT2D eigenvalue weighted by molar-refractivity contribution is 0.218. The fourth-order valence-corrected chi connectivity index (χ4v) is 2.12. The van der Waals surface area contributed by atoms with Crippen molar-refractivity contribution in [1.82, 2.24) is 10.6 Å². The maximum absolute atomic E-state index is 13.8. The number of rotatable bonds is 9. The minimum absolute atomic E-state index is 0.267. The van der Waals surface area contributed by atoms with E-state index >= 15 is 0 Å². The lowest BCUT2D eigenvalue weighted by atomic mass is 10.1. The number of aliphatic hydroxyl groups is 1. The summed E-state index contributed by atoms with van der Waals surface area (Å²) in [5, 5.41) is 14.6. The van der Waals surface area contributed by atoms with Crippen LogP contribution in [0.4, 0.5) is 13.6 Å². The molecule has 0 aromatic heterocycles. The highest BCUT2D eigenvalue weighted by Gasteiger charge is 2.16. The van der Waals surface area contributed by atoms with Crippen molar-refractivity contribution < 1.29 is 23.4 Å². The maximum Gasteiger partial charge on any atom is 0.319 e. The van der Waals surface area contributed by atoms with Crippen molar-refractivity contribution in [1.29, 1.82) is 0 Å². The number of carbonyl (C=O) groups excluding carboxylic acids is 1. The number of nitrogens with one attached hydrogen (secondary N) is 2. The zero-order valence-corrected chi connectivity index (χ0v) is 15.3. The first-order valence-corrected chi connectivity index (χ1v) is 8.41. The van der Waals surface area contributed by atoms with Crippen LogP contribution in [0.25, 0.3) is 0 Å². The Morgan fingerprint density at radius 1 is 1.38 bits per heavy atom. The van der Waals surface area contributed by atoms with E-state index in [0.29, 0.717) is 30.0 Å². The van der Waals surface area contributed by atoms with Gasteiger partial charge in [-0.25, -0.2) is 13.6 Å². The number of amides is 2. The molecule has 0 aliphatic rings. The van der Waals surface area contributed by atoms with Crippen molar-refractivity contribution >= 4 is 6.03 Å². The number of hydrogen-bond donors (Lipinski definition) is 3. The third-order valence-corrected chi connectivity index (χ3v) is 3.35. The van der Waals surface area contributed by atoms with E-state index in [1.54, 1.807) is 13.0 Å². The predicted molar refractivity (Wildman–Crippen MR) is 96.8 cm³/mol. The van der Waals surface area contributed by atoms with Crippen molar-refractivity contribution in [3.05, 3.63) is 53.8 Å². The largest absolute Gasteiger partial charge is 0.493 e. The summed E-state index contributed by atoms with van der Waals surface area (Å²) >= 11 is 0. The third kappa shape index (κ3) is 7.65. The Labute approximate surface area is 152 Å². The number of ether oxygens (including phenoxy) is 1. The van der Waals surface area contributed by atoms with Gasteiger partial charge in [0.1, 0.15) is 17.4 Å². The molecule has 26 heavy (non-hydrogen) atoms. The molecule has 0 spiro atoms. The zero-order valence-electron chi connectivity index (χ0n) is 15.3. The van der Waals surface area contributed by atoms with Crippen LogP contribution in [0.1, 0.15) is 38.8 Å². The van der Waals surface area contributed by atoms with E-state index in [2.05, 4.69) is 17.2 Å². The third-order valence-electron chi connectivity index (χ3n) is 3.35. The van der Waals surface area contributed by atoms with Crippen LogP contribution in [0.2, 0.25) is 0 Å². The number of hydrogen-bond acceptors (Lipinski definition) is 3. The number of aliphatic hydroxyl groups excluding tert-OH is 1. The normalized spacial score (nSPS) is 12.7. The van der Waals surface area contributed by atoms with Gasteiger partial charge in [-0.3, -0.25) is 0 Å². The molecule has 7 heteroatoms. The molecule has 0 saturated carbocycles. The second-order valence-corrected chi connectivity index (χ2v) is 6.23. The fraction of sp³-hybridized carbons (Fsp3) is 0.421. The molecule has 1 aromatic carbocycles. The van der Waals surface area contributed by atoms with E-state index in [9.17, 15) is 18.7 Å². The van der Waals surface area contributed by atoms with Gasteiger partial charge in [0, 0.05) is 11.8 Å². The minimum Gasteiger partial charge on any atom is -0.493 e. The quantitative estimate of drug-likeness (QED) is 0.578. The molecule has 1 aromatic rings. The second kappa shape index (κ2) is 10.6. The lowest BCUT2D eigenvalue weighted by Crippen LogP contribution is -2.38. The molecule has 0 fully saturated rings. The molecule has 0 aliphatic heterocycles. The molecule has 3 N–H and O–H groups in total. The molecule has 144 valence electrons. The molecule has 0 bridgehead atoms. The first kappa shape index (κ1) is 21.6. The van der Waals surface area contributed by atoms with Gasteiger partial charge < -0.3 is 20.5 Å². The average Bonchev–Trinajstić information content (AvgIpc) is 2.56. The Morgan fingerprint density at radius 2 is 2.08 bits per heavy atom. The van der Waals surface area contributed by atoms with E-state index in [0.717, 1.165) is 6.08 Å². The number of halogens is 2. The summed E-state index contributed by atoms with van der Waals surface area (Å²) in [4.78, 5) is 12.1. The van der Waals surface area contributed by atoms with Crippen LogP contribution in [0.15, 0.2) is 42.4 Å². The highest BCUT2D eigenvalue weighted by molar-refractivity contribution is 5.76. The highest BCUT2D eigenvalue weighted by atomic mass is 19.1. The Bertz CT molecular complexity index is 660. The summed E-state index contributed by atoms with van der Waals surface area (Å²) < 4.78 is 32.2. The summed E-state index contributed by atoms with van der Waals surface area (Å²) in [7, 11) is 0. The number of urea groups is 1. The monoisotopic (exact) mass is 368 g/mol. The van der Waals surface area contributed by atoms with E-state index in [1.807, 2.05) is 13.8 Å². The topological polar surface area (TPSA) is 70.6 Å². The second-order valence-electron chi connectivity index (χ2n) is 6.23. The van der Waals surface area contributed by atoms with Gasteiger partial charge in [-0.05, 0) is 36.1 Å².